The maximum absolute atomic E-state index is 6.64. The summed E-state index contributed by atoms with van der Waals surface area (Å²) in [7, 11) is 0. The normalized spacial score (nSPS) is 12.9. The molecule has 5 heteroatoms. The van der Waals surface area contributed by atoms with Crippen molar-refractivity contribution in [3.8, 4) is 22.5 Å². The fourth-order valence-corrected chi connectivity index (χ4v) is 6.53. The van der Waals surface area contributed by atoms with E-state index in [9.17, 15) is 0 Å². The minimum atomic E-state index is 0.819. The summed E-state index contributed by atoms with van der Waals surface area (Å²) in [6.07, 6.45) is 8.72. The van der Waals surface area contributed by atoms with Gasteiger partial charge in [-0.05, 0) is 84.7 Å². The number of hydrogen-bond donors (Lipinski definition) is 2. The first-order chi connectivity index (χ1) is 20.1. The standard InChI is InChI=1S/C36H31IN4/c1-23-21-25(40-31-11-5-3-9-29(31)35(38)33(40)13-7-19-37)15-17-27(23)28-18-16-26(22-24(28)2)41-32-12-6-4-10-30(32)36-34(41)14-8-20-39-36/h3-18,21-22,39H,19-20,38H2,1-2H3/b13-7-. The van der Waals surface area contributed by atoms with Crippen molar-refractivity contribution in [2.24, 2.45) is 0 Å². The molecule has 3 N–H and O–H groups in total. The molecule has 41 heavy (non-hydrogen) atoms. The first-order valence-electron chi connectivity index (χ1n) is 13.9. The SMILES string of the molecule is Cc1cc(-n2c3c(c4ccccc42)NCC=C3)ccc1-c1ccc(-n2c(/C=C\CI)c(N)c3ccccc32)cc1C. The van der Waals surface area contributed by atoms with Crippen molar-refractivity contribution >= 4 is 67.9 Å². The Kier molecular flexibility index (Phi) is 6.47. The summed E-state index contributed by atoms with van der Waals surface area (Å²) in [5.74, 6) is 0. The van der Waals surface area contributed by atoms with E-state index in [0.717, 1.165) is 38.9 Å². The molecular weight excluding hydrogens is 615 g/mol. The third kappa shape index (κ3) is 4.18. The summed E-state index contributed by atoms with van der Waals surface area (Å²) in [5, 5.41) is 5.92. The van der Waals surface area contributed by atoms with Gasteiger partial charge >= 0.3 is 0 Å². The van der Waals surface area contributed by atoms with E-state index in [2.05, 4.69) is 160 Å². The van der Waals surface area contributed by atoms with E-state index in [-0.39, 0.29) is 0 Å². The topological polar surface area (TPSA) is 47.9 Å². The van der Waals surface area contributed by atoms with E-state index in [0.29, 0.717) is 0 Å². The number of anilines is 2. The lowest BCUT2D eigenvalue weighted by Crippen LogP contribution is -2.06. The number of nitrogen functional groups attached to an aromatic ring is 1. The Labute approximate surface area is 253 Å². The smallest absolute Gasteiger partial charge is 0.0698 e. The van der Waals surface area contributed by atoms with Crippen LogP contribution < -0.4 is 11.1 Å². The average molecular weight is 647 g/mol. The summed E-state index contributed by atoms with van der Waals surface area (Å²) in [6.45, 7) is 5.27. The largest absolute Gasteiger partial charge is 0.396 e. The number of aryl methyl sites for hydroxylation is 2. The molecule has 1 aliphatic rings. The number of alkyl halides is 1. The minimum Gasteiger partial charge on any atom is -0.396 e. The van der Waals surface area contributed by atoms with Crippen molar-refractivity contribution in [1.29, 1.82) is 0 Å². The van der Waals surface area contributed by atoms with Gasteiger partial charge in [0.2, 0.25) is 0 Å². The first kappa shape index (κ1) is 25.7. The number of rotatable bonds is 5. The highest BCUT2D eigenvalue weighted by Crippen LogP contribution is 2.38. The van der Waals surface area contributed by atoms with Crippen molar-refractivity contribution in [3.63, 3.8) is 0 Å². The van der Waals surface area contributed by atoms with Gasteiger partial charge in [0, 0.05) is 33.1 Å². The van der Waals surface area contributed by atoms with E-state index in [1.54, 1.807) is 0 Å². The molecule has 0 amide bonds. The lowest BCUT2D eigenvalue weighted by atomic mass is 9.95. The van der Waals surface area contributed by atoms with E-state index >= 15 is 0 Å². The molecule has 4 nitrogen and oxygen atoms in total. The number of benzene rings is 4. The van der Waals surface area contributed by atoms with Crippen LogP contribution >= 0.6 is 22.6 Å². The predicted octanol–water partition coefficient (Wildman–Crippen LogP) is 9.33. The predicted molar refractivity (Wildman–Crippen MR) is 185 cm³/mol. The van der Waals surface area contributed by atoms with Crippen LogP contribution in [0.4, 0.5) is 11.4 Å². The van der Waals surface area contributed by atoms with Crippen LogP contribution in [-0.2, 0) is 0 Å². The number of halogens is 1. The van der Waals surface area contributed by atoms with Gasteiger partial charge in [-0.2, -0.15) is 0 Å². The Morgan fingerprint density at radius 3 is 2.07 bits per heavy atom. The van der Waals surface area contributed by atoms with Gasteiger partial charge in [0.25, 0.3) is 0 Å². The van der Waals surface area contributed by atoms with Gasteiger partial charge in [-0.15, -0.1) is 0 Å². The fraction of sp³-hybridized carbons (Fsp3) is 0.111. The van der Waals surface area contributed by atoms with E-state index in [1.165, 1.54) is 50.2 Å². The highest BCUT2D eigenvalue weighted by molar-refractivity contribution is 14.1. The maximum atomic E-state index is 6.64. The molecule has 0 saturated heterocycles. The summed E-state index contributed by atoms with van der Waals surface area (Å²) < 4.78 is 5.58. The molecule has 0 unspecified atom stereocenters. The summed E-state index contributed by atoms with van der Waals surface area (Å²) in [5.41, 5.74) is 20.5. The molecule has 0 aliphatic carbocycles. The zero-order chi connectivity index (χ0) is 28.1. The van der Waals surface area contributed by atoms with Crippen LogP contribution in [0.25, 0.3) is 56.5 Å². The van der Waals surface area contributed by atoms with Crippen molar-refractivity contribution in [3.05, 3.63) is 120 Å². The molecule has 0 fully saturated rings. The molecule has 202 valence electrons. The molecule has 0 bridgehead atoms. The zero-order valence-corrected chi connectivity index (χ0v) is 25.3. The van der Waals surface area contributed by atoms with Gasteiger partial charge in [-0.25, -0.2) is 0 Å². The second-order valence-electron chi connectivity index (χ2n) is 10.6. The maximum Gasteiger partial charge on any atom is 0.0698 e. The Balaban J connectivity index is 1.32. The highest BCUT2D eigenvalue weighted by Gasteiger charge is 2.19. The fourth-order valence-electron chi connectivity index (χ4n) is 6.27. The molecular formula is C36H31IN4. The first-order valence-corrected chi connectivity index (χ1v) is 15.5. The molecule has 7 rings (SSSR count). The van der Waals surface area contributed by atoms with Gasteiger partial charge in [0.05, 0.1) is 33.8 Å². The van der Waals surface area contributed by atoms with Crippen molar-refractivity contribution in [2.45, 2.75) is 13.8 Å². The minimum absolute atomic E-state index is 0.819. The van der Waals surface area contributed by atoms with E-state index < -0.39 is 0 Å². The number of nitrogens with two attached hydrogens (primary N) is 1. The summed E-state index contributed by atoms with van der Waals surface area (Å²) >= 11 is 2.36. The summed E-state index contributed by atoms with van der Waals surface area (Å²) in [4.78, 5) is 0. The molecule has 1 aliphatic heterocycles. The van der Waals surface area contributed by atoms with Crippen LogP contribution in [0.3, 0.4) is 0 Å². The number of nitrogens with zero attached hydrogens (tertiary/aromatic N) is 2. The molecule has 0 saturated carbocycles. The quantitative estimate of drug-likeness (QED) is 0.145. The molecule has 2 aromatic heterocycles. The van der Waals surface area contributed by atoms with Gasteiger partial charge in [0.15, 0.2) is 0 Å². The lowest BCUT2D eigenvalue weighted by molar-refractivity contribution is 1.09. The second-order valence-corrected chi connectivity index (χ2v) is 11.5. The van der Waals surface area contributed by atoms with Crippen LogP contribution in [0.1, 0.15) is 22.5 Å². The lowest BCUT2D eigenvalue weighted by Gasteiger charge is -2.17. The molecule has 0 radical (unpaired) electrons. The van der Waals surface area contributed by atoms with Crippen LogP contribution in [0.15, 0.2) is 97.1 Å². The van der Waals surface area contributed by atoms with Crippen molar-refractivity contribution in [2.75, 3.05) is 22.0 Å². The van der Waals surface area contributed by atoms with Gasteiger partial charge in [-0.3, -0.25) is 0 Å². The Bertz CT molecular complexity index is 2020. The van der Waals surface area contributed by atoms with Crippen molar-refractivity contribution in [1.82, 2.24) is 9.13 Å². The molecule has 0 spiro atoms. The third-order valence-corrected chi connectivity index (χ3v) is 8.64. The van der Waals surface area contributed by atoms with Gasteiger partial charge < -0.3 is 20.2 Å². The average Bonchev–Trinajstić information content (AvgIpc) is 3.48. The monoisotopic (exact) mass is 646 g/mol. The molecule has 0 atom stereocenters. The number of allylic oxidation sites excluding steroid dienone is 1. The number of fused-ring (bicyclic) bond motifs is 4. The molecule has 4 aromatic carbocycles. The van der Waals surface area contributed by atoms with Crippen LogP contribution in [-0.4, -0.2) is 20.1 Å². The Hall–Kier alpha value is -4.23. The van der Waals surface area contributed by atoms with Crippen molar-refractivity contribution < 1.29 is 0 Å². The van der Waals surface area contributed by atoms with Gasteiger partial charge in [-0.1, -0.05) is 83.3 Å². The second kappa shape index (κ2) is 10.3. The van der Waals surface area contributed by atoms with Crippen LogP contribution in [0.5, 0.6) is 0 Å². The number of nitrogens with one attached hydrogen (secondary N) is 1. The molecule has 3 heterocycles. The Morgan fingerprint density at radius 2 is 1.41 bits per heavy atom. The Morgan fingerprint density at radius 1 is 0.805 bits per heavy atom. The number of hydrogen-bond acceptors (Lipinski definition) is 2. The number of para-hydroxylation sites is 2. The molecule has 6 aromatic rings. The summed E-state index contributed by atoms with van der Waals surface area (Å²) in [6, 6.07) is 30.6. The highest BCUT2D eigenvalue weighted by atomic mass is 127. The zero-order valence-electron chi connectivity index (χ0n) is 23.2. The van der Waals surface area contributed by atoms with Gasteiger partial charge in [0.1, 0.15) is 0 Å². The van der Waals surface area contributed by atoms with Crippen LogP contribution in [0, 0.1) is 13.8 Å². The van der Waals surface area contributed by atoms with E-state index in [4.69, 9.17) is 5.73 Å². The third-order valence-electron chi connectivity index (χ3n) is 8.13. The number of aromatic nitrogens is 2. The van der Waals surface area contributed by atoms with E-state index in [1.807, 2.05) is 0 Å². The van der Waals surface area contributed by atoms with Crippen LogP contribution in [0.2, 0.25) is 0 Å².